The van der Waals surface area contributed by atoms with Gasteiger partial charge in [0, 0.05) is 5.56 Å². The Kier molecular flexibility index (Phi) is 4.10. The Bertz CT molecular complexity index is 825. The molecule has 0 aliphatic carbocycles. The molecule has 116 valence electrons. The van der Waals surface area contributed by atoms with Crippen molar-refractivity contribution in [1.82, 2.24) is 4.98 Å². The first-order chi connectivity index (χ1) is 11.2. The Morgan fingerprint density at radius 1 is 1.17 bits per heavy atom. The molecule has 5 heteroatoms. The minimum Gasteiger partial charge on any atom is -0.495 e. The number of rotatable bonds is 4. The second-order valence-corrected chi connectivity index (χ2v) is 5.05. The van der Waals surface area contributed by atoms with Crippen molar-refractivity contribution in [3.63, 3.8) is 0 Å². The van der Waals surface area contributed by atoms with E-state index in [-0.39, 0.29) is 11.7 Å². The fourth-order valence-electron chi connectivity index (χ4n) is 2.31. The molecular formula is C18H16N2O3. The fraction of sp³-hybridized carbons (Fsp3) is 0.111. The van der Waals surface area contributed by atoms with E-state index in [9.17, 15) is 4.79 Å². The Morgan fingerprint density at radius 2 is 1.96 bits per heavy atom. The van der Waals surface area contributed by atoms with Crippen LogP contribution in [0, 0.1) is 6.92 Å². The van der Waals surface area contributed by atoms with Gasteiger partial charge in [0.1, 0.15) is 11.4 Å². The third kappa shape index (κ3) is 3.08. The zero-order valence-electron chi connectivity index (χ0n) is 12.9. The van der Waals surface area contributed by atoms with Crippen LogP contribution in [0.4, 0.5) is 5.69 Å². The first-order valence-electron chi connectivity index (χ1n) is 7.14. The molecule has 0 fully saturated rings. The van der Waals surface area contributed by atoms with E-state index in [4.69, 9.17) is 9.15 Å². The van der Waals surface area contributed by atoms with Crippen LogP contribution in [0.15, 0.2) is 59.3 Å². The van der Waals surface area contributed by atoms with E-state index in [0.29, 0.717) is 17.1 Å². The second kappa shape index (κ2) is 6.36. The summed E-state index contributed by atoms with van der Waals surface area (Å²) in [5, 5.41) is 2.82. The van der Waals surface area contributed by atoms with Gasteiger partial charge in [0.2, 0.25) is 5.76 Å². The number of aryl methyl sites for hydroxylation is 1. The molecule has 0 atom stereocenters. The van der Waals surface area contributed by atoms with Crippen LogP contribution in [-0.4, -0.2) is 18.0 Å². The SMILES string of the molecule is COc1ccc(C)cc1NC(=O)c1ocnc1-c1ccccc1. The maximum Gasteiger partial charge on any atom is 0.293 e. The lowest BCUT2D eigenvalue weighted by atomic mass is 10.1. The van der Waals surface area contributed by atoms with Gasteiger partial charge in [-0.15, -0.1) is 0 Å². The molecular weight excluding hydrogens is 292 g/mol. The maximum absolute atomic E-state index is 12.5. The number of oxazole rings is 1. The third-order valence-electron chi connectivity index (χ3n) is 3.42. The largest absolute Gasteiger partial charge is 0.495 e. The molecule has 0 bridgehead atoms. The molecule has 1 N–H and O–H groups in total. The smallest absolute Gasteiger partial charge is 0.293 e. The number of ether oxygens (including phenoxy) is 1. The summed E-state index contributed by atoms with van der Waals surface area (Å²) < 4.78 is 10.6. The zero-order valence-corrected chi connectivity index (χ0v) is 12.9. The lowest BCUT2D eigenvalue weighted by Crippen LogP contribution is -2.13. The quantitative estimate of drug-likeness (QED) is 0.793. The molecule has 1 amide bonds. The van der Waals surface area contributed by atoms with Crippen molar-refractivity contribution in [2.24, 2.45) is 0 Å². The van der Waals surface area contributed by atoms with Crippen molar-refractivity contribution < 1.29 is 13.9 Å². The molecule has 1 heterocycles. The highest BCUT2D eigenvalue weighted by atomic mass is 16.5. The number of nitrogens with zero attached hydrogens (tertiary/aromatic N) is 1. The molecule has 0 saturated heterocycles. The Hall–Kier alpha value is -3.08. The predicted molar refractivity (Wildman–Crippen MR) is 87.6 cm³/mol. The molecule has 0 saturated carbocycles. The number of nitrogens with one attached hydrogen (secondary N) is 1. The summed E-state index contributed by atoms with van der Waals surface area (Å²) in [5.74, 6) is 0.384. The van der Waals surface area contributed by atoms with Gasteiger partial charge >= 0.3 is 0 Å². The standard InChI is InChI=1S/C18H16N2O3/c1-12-8-9-15(22-2)14(10-12)20-18(21)17-16(19-11-23-17)13-6-4-3-5-7-13/h3-11H,1-2H3,(H,20,21). The van der Waals surface area contributed by atoms with Crippen LogP contribution in [0.5, 0.6) is 5.75 Å². The van der Waals surface area contributed by atoms with E-state index in [2.05, 4.69) is 10.3 Å². The molecule has 23 heavy (non-hydrogen) atoms. The van der Waals surface area contributed by atoms with Crippen molar-refractivity contribution in [3.8, 4) is 17.0 Å². The minimum absolute atomic E-state index is 0.166. The van der Waals surface area contributed by atoms with Gasteiger partial charge in [0.25, 0.3) is 5.91 Å². The molecule has 1 aromatic heterocycles. The highest BCUT2D eigenvalue weighted by molar-refractivity contribution is 6.06. The highest BCUT2D eigenvalue weighted by Gasteiger charge is 2.19. The van der Waals surface area contributed by atoms with Gasteiger partial charge in [-0.2, -0.15) is 0 Å². The topological polar surface area (TPSA) is 64.4 Å². The Labute approximate surface area is 133 Å². The maximum atomic E-state index is 12.5. The molecule has 0 unspecified atom stereocenters. The summed E-state index contributed by atoms with van der Waals surface area (Å²) in [6.45, 7) is 1.94. The monoisotopic (exact) mass is 308 g/mol. The lowest BCUT2D eigenvalue weighted by molar-refractivity contribution is 0.0997. The molecule has 2 aromatic carbocycles. The van der Waals surface area contributed by atoms with Crippen LogP contribution in [0.3, 0.4) is 0 Å². The molecule has 5 nitrogen and oxygen atoms in total. The average Bonchev–Trinajstić information content (AvgIpc) is 3.05. The van der Waals surface area contributed by atoms with E-state index in [1.54, 1.807) is 7.11 Å². The number of carbonyl (C=O) groups excluding carboxylic acids is 1. The summed E-state index contributed by atoms with van der Waals surface area (Å²) in [7, 11) is 1.56. The lowest BCUT2D eigenvalue weighted by Gasteiger charge is -2.10. The molecule has 0 radical (unpaired) electrons. The molecule has 0 aliphatic rings. The summed E-state index contributed by atoms with van der Waals surface area (Å²) in [6, 6.07) is 15.0. The van der Waals surface area contributed by atoms with Gasteiger partial charge < -0.3 is 14.5 Å². The van der Waals surface area contributed by atoms with E-state index in [1.165, 1.54) is 6.39 Å². The zero-order chi connectivity index (χ0) is 16.2. The van der Waals surface area contributed by atoms with Crippen molar-refractivity contribution in [2.45, 2.75) is 6.92 Å². The van der Waals surface area contributed by atoms with Crippen LogP contribution in [0.25, 0.3) is 11.3 Å². The van der Waals surface area contributed by atoms with Gasteiger partial charge in [0.15, 0.2) is 6.39 Å². The number of benzene rings is 2. The Morgan fingerprint density at radius 3 is 2.70 bits per heavy atom. The van der Waals surface area contributed by atoms with Gasteiger partial charge in [-0.3, -0.25) is 4.79 Å². The van der Waals surface area contributed by atoms with E-state index < -0.39 is 0 Å². The van der Waals surface area contributed by atoms with Crippen LogP contribution in [0.2, 0.25) is 0 Å². The number of anilines is 1. The van der Waals surface area contributed by atoms with E-state index in [1.807, 2.05) is 55.5 Å². The van der Waals surface area contributed by atoms with Crippen LogP contribution in [-0.2, 0) is 0 Å². The first kappa shape index (κ1) is 14.8. The summed E-state index contributed by atoms with van der Waals surface area (Å²) >= 11 is 0. The van der Waals surface area contributed by atoms with Crippen LogP contribution >= 0.6 is 0 Å². The molecule has 0 spiro atoms. The van der Waals surface area contributed by atoms with Crippen LogP contribution < -0.4 is 10.1 Å². The molecule has 3 aromatic rings. The number of hydrogen-bond donors (Lipinski definition) is 1. The van der Waals surface area contributed by atoms with Crippen molar-refractivity contribution in [1.29, 1.82) is 0 Å². The fourth-order valence-corrected chi connectivity index (χ4v) is 2.31. The first-order valence-corrected chi connectivity index (χ1v) is 7.14. The number of carbonyl (C=O) groups is 1. The molecule has 0 aliphatic heterocycles. The molecule has 3 rings (SSSR count). The Balaban J connectivity index is 1.91. The summed E-state index contributed by atoms with van der Waals surface area (Å²) in [6.07, 6.45) is 1.27. The normalized spacial score (nSPS) is 10.3. The van der Waals surface area contributed by atoms with E-state index >= 15 is 0 Å². The van der Waals surface area contributed by atoms with Gasteiger partial charge in [0.05, 0.1) is 12.8 Å². The van der Waals surface area contributed by atoms with Crippen molar-refractivity contribution in [3.05, 3.63) is 66.2 Å². The number of aromatic nitrogens is 1. The van der Waals surface area contributed by atoms with Gasteiger partial charge in [-0.1, -0.05) is 36.4 Å². The predicted octanol–water partition coefficient (Wildman–Crippen LogP) is 3.91. The third-order valence-corrected chi connectivity index (χ3v) is 3.42. The van der Waals surface area contributed by atoms with Crippen LogP contribution in [0.1, 0.15) is 16.1 Å². The van der Waals surface area contributed by atoms with Gasteiger partial charge in [-0.25, -0.2) is 4.98 Å². The summed E-state index contributed by atoms with van der Waals surface area (Å²) in [4.78, 5) is 16.7. The average molecular weight is 308 g/mol. The van der Waals surface area contributed by atoms with E-state index in [0.717, 1.165) is 11.1 Å². The minimum atomic E-state index is -0.370. The van der Waals surface area contributed by atoms with Gasteiger partial charge in [-0.05, 0) is 24.6 Å². The number of methoxy groups -OCH3 is 1. The highest BCUT2D eigenvalue weighted by Crippen LogP contribution is 2.27. The van der Waals surface area contributed by atoms with Crippen molar-refractivity contribution >= 4 is 11.6 Å². The summed E-state index contributed by atoms with van der Waals surface area (Å²) in [5.41, 5.74) is 2.94. The van der Waals surface area contributed by atoms with Crippen molar-refractivity contribution in [2.75, 3.05) is 12.4 Å². The second-order valence-electron chi connectivity index (χ2n) is 5.05. The number of amides is 1. The number of hydrogen-bond acceptors (Lipinski definition) is 4.